The number of carbonyl (C=O) groups is 1. The second kappa shape index (κ2) is 9.63. The van der Waals surface area contributed by atoms with Gasteiger partial charge in [-0.3, -0.25) is 4.79 Å². The van der Waals surface area contributed by atoms with Gasteiger partial charge in [0.25, 0.3) is 0 Å². The first kappa shape index (κ1) is 20.9. The summed E-state index contributed by atoms with van der Waals surface area (Å²) in [6.07, 6.45) is 1.26. The zero-order valence-electron chi connectivity index (χ0n) is 18.1. The molecule has 3 aromatic carbocycles. The van der Waals surface area contributed by atoms with Crippen LogP contribution < -0.4 is 4.90 Å². The number of quaternary nitrogens is 1. The van der Waals surface area contributed by atoms with E-state index in [4.69, 9.17) is 0 Å². The molecule has 0 aliphatic carbocycles. The van der Waals surface area contributed by atoms with E-state index in [1.165, 1.54) is 20.7 Å². The summed E-state index contributed by atoms with van der Waals surface area (Å²) >= 11 is 1.70. The van der Waals surface area contributed by atoms with Crippen LogP contribution in [0.1, 0.15) is 28.6 Å². The highest BCUT2D eigenvalue weighted by Crippen LogP contribution is 2.23. The van der Waals surface area contributed by atoms with Crippen LogP contribution in [0.4, 0.5) is 0 Å². The predicted molar refractivity (Wildman–Crippen MR) is 130 cm³/mol. The summed E-state index contributed by atoms with van der Waals surface area (Å²) in [7, 11) is 0. The molecule has 4 nitrogen and oxygen atoms in total. The second-order valence-electron chi connectivity index (χ2n) is 8.37. The fraction of sp³-hybridized carbons (Fsp3) is 0.259. The van der Waals surface area contributed by atoms with Crippen molar-refractivity contribution in [1.29, 1.82) is 0 Å². The Labute approximate surface area is 193 Å². The van der Waals surface area contributed by atoms with E-state index in [2.05, 4.69) is 71.7 Å². The molecule has 1 aromatic heterocycles. The van der Waals surface area contributed by atoms with Gasteiger partial charge in [-0.15, -0.1) is 11.3 Å². The Hall–Kier alpha value is -3.02. The number of aromatic nitrogens is 1. The van der Waals surface area contributed by atoms with Crippen LogP contribution in [0.2, 0.25) is 0 Å². The molecule has 32 heavy (non-hydrogen) atoms. The summed E-state index contributed by atoms with van der Waals surface area (Å²) in [6.45, 7) is 3.54. The SMILES string of the molecule is O=C(CCc1nc2ccccc2s1)N1CC[NH+](C(c2ccccc2)c2ccccc2)CC1. The number of hydrogen-bond acceptors (Lipinski definition) is 3. The third-order valence-corrected chi connectivity index (χ3v) is 7.42. The first-order valence-corrected chi connectivity index (χ1v) is 12.2. The average molecular weight is 443 g/mol. The van der Waals surface area contributed by atoms with Gasteiger partial charge < -0.3 is 9.80 Å². The van der Waals surface area contributed by atoms with Gasteiger partial charge in [-0.05, 0) is 12.1 Å². The number of fused-ring (bicyclic) bond motifs is 1. The molecule has 2 heterocycles. The van der Waals surface area contributed by atoms with Gasteiger partial charge >= 0.3 is 0 Å². The molecule has 0 saturated carbocycles. The quantitative estimate of drug-likeness (QED) is 0.494. The number of piperazine rings is 1. The Morgan fingerprint density at radius 3 is 2.09 bits per heavy atom. The van der Waals surface area contributed by atoms with E-state index >= 15 is 0 Å². The fourth-order valence-corrected chi connectivity index (χ4v) is 5.65. The minimum absolute atomic E-state index is 0.249. The molecule has 1 aliphatic heterocycles. The van der Waals surface area contributed by atoms with Crippen molar-refractivity contribution in [2.45, 2.75) is 18.9 Å². The fourth-order valence-electron chi connectivity index (χ4n) is 4.69. The molecule has 4 aromatic rings. The van der Waals surface area contributed by atoms with E-state index in [0.717, 1.165) is 43.1 Å². The van der Waals surface area contributed by atoms with Crippen molar-refractivity contribution >= 4 is 27.5 Å². The lowest BCUT2D eigenvalue weighted by Gasteiger charge is -2.37. The van der Waals surface area contributed by atoms with Gasteiger partial charge in [0.15, 0.2) is 0 Å². The van der Waals surface area contributed by atoms with Crippen molar-refractivity contribution < 1.29 is 9.69 Å². The summed E-state index contributed by atoms with van der Waals surface area (Å²) in [5, 5.41) is 1.05. The lowest BCUT2D eigenvalue weighted by Crippen LogP contribution is -3.15. The van der Waals surface area contributed by atoms with Gasteiger partial charge in [0.05, 0.1) is 41.4 Å². The summed E-state index contributed by atoms with van der Waals surface area (Å²) in [5.74, 6) is 0.249. The Kier molecular flexibility index (Phi) is 6.28. The minimum atomic E-state index is 0.249. The normalized spacial score (nSPS) is 14.8. The van der Waals surface area contributed by atoms with Gasteiger partial charge in [0.2, 0.25) is 5.91 Å². The van der Waals surface area contributed by atoms with E-state index in [1.807, 2.05) is 23.1 Å². The first-order chi connectivity index (χ1) is 15.8. The van der Waals surface area contributed by atoms with E-state index < -0.39 is 0 Å². The molecular weight excluding hydrogens is 414 g/mol. The van der Waals surface area contributed by atoms with Crippen LogP contribution in [0.15, 0.2) is 84.9 Å². The third kappa shape index (κ3) is 4.59. The molecule has 5 rings (SSSR count). The molecule has 1 saturated heterocycles. The molecule has 0 atom stereocenters. The largest absolute Gasteiger partial charge is 0.331 e. The maximum absolute atomic E-state index is 12.9. The summed E-state index contributed by atoms with van der Waals surface area (Å²) in [4.78, 5) is 21.1. The average Bonchev–Trinajstić information content (AvgIpc) is 3.28. The van der Waals surface area contributed by atoms with Crippen LogP contribution in [0, 0.1) is 0 Å². The number of aryl methyl sites for hydroxylation is 1. The van der Waals surface area contributed by atoms with Crippen LogP contribution in [0.25, 0.3) is 10.2 Å². The third-order valence-electron chi connectivity index (χ3n) is 6.32. The van der Waals surface area contributed by atoms with Crippen molar-refractivity contribution in [2.75, 3.05) is 26.2 Å². The molecule has 0 spiro atoms. The number of benzene rings is 3. The predicted octanol–water partition coefficient (Wildman–Crippen LogP) is 3.75. The maximum atomic E-state index is 12.9. The van der Waals surface area contributed by atoms with E-state index in [-0.39, 0.29) is 5.91 Å². The molecule has 1 fully saturated rings. The number of carbonyl (C=O) groups excluding carboxylic acids is 1. The summed E-state index contributed by atoms with van der Waals surface area (Å²) < 4.78 is 1.19. The lowest BCUT2D eigenvalue weighted by atomic mass is 9.96. The Balaban J connectivity index is 1.22. The number of nitrogens with one attached hydrogen (secondary N) is 1. The van der Waals surface area contributed by atoms with Crippen LogP contribution in [0.3, 0.4) is 0 Å². The van der Waals surface area contributed by atoms with Crippen LogP contribution >= 0.6 is 11.3 Å². The number of amides is 1. The van der Waals surface area contributed by atoms with Crippen molar-refractivity contribution in [3.05, 3.63) is 101 Å². The van der Waals surface area contributed by atoms with Gasteiger partial charge in [-0.25, -0.2) is 4.98 Å². The Morgan fingerprint density at radius 2 is 1.47 bits per heavy atom. The second-order valence-corrected chi connectivity index (χ2v) is 9.48. The highest BCUT2D eigenvalue weighted by molar-refractivity contribution is 7.18. The maximum Gasteiger partial charge on any atom is 0.223 e. The van der Waals surface area contributed by atoms with Crippen LogP contribution in [0.5, 0.6) is 0 Å². The van der Waals surface area contributed by atoms with Crippen molar-refractivity contribution in [1.82, 2.24) is 9.88 Å². The molecule has 0 unspecified atom stereocenters. The number of para-hydroxylation sites is 1. The summed E-state index contributed by atoms with van der Waals surface area (Å²) in [5.41, 5.74) is 3.71. The Bertz CT molecular complexity index is 1090. The van der Waals surface area contributed by atoms with Crippen molar-refractivity contribution in [2.24, 2.45) is 0 Å². The van der Waals surface area contributed by atoms with Gasteiger partial charge in [-0.2, -0.15) is 0 Å². The van der Waals surface area contributed by atoms with Gasteiger partial charge in [-0.1, -0.05) is 72.8 Å². The number of rotatable bonds is 6. The van der Waals surface area contributed by atoms with Crippen molar-refractivity contribution in [3.8, 4) is 0 Å². The zero-order chi connectivity index (χ0) is 21.8. The number of thiazole rings is 1. The van der Waals surface area contributed by atoms with Crippen LogP contribution in [-0.4, -0.2) is 42.0 Å². The van der Waals surface area contributed by atoms with Gasteiger partial charge in [0, 0.05) is 24.0 Å². The minimum Gasteiger partial charge on any atom is -0.331 e. The first-order valence-electron chi connectivity index (χ1n) is 11.3. The van der Waals surface area contributed by atoms with Gasteiger partial charge in [0.1, 0.15) is 6.04 Å². The molecule has 1 amide bonds. The standard InChI is InChI=1S/C27H27N3OS/c31-26(16-15-25-28-23-13-7-8-14-24(23)32-25)29-17-19-30(20-18-29)27(21-9-3-1-4-10-21)22-11-5-2-6-12-22/h1-14,27H,15-20H2/p+1. The van der Waals surface area contributed by atoms with Crippen LogP contribution in [-0.2, 0) is 11.2 Å². The summed E-state index contributed by atoms with van der Waals surface area (Å²) in [6, 6.07) is 30.0. The van der Waals surface area contributed by atoms with E-state index in [0.29, 0.717) is 12.5 Å². The topological polar surface area (TPSA) is 37.6 Å². The smallest absolute Gasteiger partial charge is 0.223 e. The zero-order valence-corrected chi connectivity index (χ0v) is 18.9. The molecule has 1 N–H and O–H groups in total. The highest BCUT2D eigenvalue weighted by atomic mass is 32.1. The Morgan fingerprint density at radius 1 is 0.875 bits per heavy atom. The molecule has 0 radical (unpaired) electrons. The molecular formula is C27H28N3OS+. The highest BCUT2D eigenvalue weighted by Gasteiger charge is 2.31. The van der Waals surface area contributed by atoms with E-state index in [9.17, 15) is 4.79 Å². The number of nitrogens with zero attached hydrogens (tertiary/aromatic N) is 2. The molecule has 5 heteroatoms. The lowest BCUT2D eigenvalue weighted by molar-refractivity contribution is -0.929. The van der Waals surface area contributed by atoms with E-state index in [1.54, 1.807) is 11.3 Å². The van der Waals surface area contributed by atoms with Crippen molar-refractivity contribution in [3.63, 3.8) is 0 Å². The molecule has 162 valence electrons. The molecule has 1 aliphatic rings. The molecule has 0 bridgehead atoms. The number of hydrogen-bond donors (Lipinski definition) is 1. The monoisotopic (exact) mass is 442 g/mol.